The molecule has 4 nitrogen and oxygen atoms in total. The van der Waals surface area contributed by atoms with Crippen LogP contribution in [0.15, 0.2) is 22.4 Å². The van der Waals surface area contributed by atoms with E-state index >= 15 is 0 Å². The minimum absolute atomic E-state index is 0.0290. The molecule has 0 N–H and O–H groups in total. The zero-order valence-corrected chi connectivity index (χ0v) is 21.6. The first-order valence-corrected chi connectivity index (χ1v) is 13.4. The number of rotatable bonds is 5. The van der Waals surface area contributed by atoms with Crippen LogP contribution < -0.4 is 0 Å². The van der Waals surface area contributed by atoms with Crippen molar-refractivity contribution in [2.45, 2.75) is 98.3 Å². The Morgan fingerprint density at radius 3 is 2.76 bits per heavy atom. The topological polar surface area (TPSA) is 52.3 Å². The number of aromatic nitrogens is 1. The second-order valence-corrected chi connectivity index (χ2v) is 12.7. The first kappa shape index (κ1) is 23.2. The highest BCUT2D eigenvalue weighted by Crippen LogP contribution is 2.68. The van der Waals surface area contributed by atoms with Crippen LogP contribution >= 0.6 is 0 Å². The summed E-state index contributed by atoms with van der Waals surface area (Å²) in [6, 6.07) is 0. The van der Waals surface area contributed by atoms with Gasteiger partial charge >= 0.3 is 5.97 Å². The van der Waals surface area contributed by atoms with E-state index in [1.165, 1.54) is 37.7 Å². The lowest BCUT2D eigenvalue weighted by Crippen LogP contribution is -2.53. The predicted molar refractivity (Wildman–Crippen MR) is 130 cm³/mol. The van der Waals surface area contributed by atoms with Crippen LogP contribution in [-0.4, -0.2) is 17.7 Å². The number of nitrogens with zero attached hydrogens (tertiary/aromatic N) is 1. The van der Waals surface area contributed by atoms with Gasteiger partial charge in [-0.3, -0.25) is 4.79 Å². The number of fused-ring (bicyclic) bond motifs is 6. The maximum absolute atomic E-state index is 12.0. The molecule has 1 aromatic rings. The molecule has 4 aliphatic rings. The first-order chi connectivity index (χ1) is 15.6. The van der Waals surface area contributed by atoms with Gasteiger partial charge in [-0.2, -0.15) is 0 Å². The third kappa shape index (κ3) is 3.37. The summed E-state index contributed by atoms with van der Waals surface area (Å²) in [4.78, 5) is 12.0. The van der Waals surface area contributed by atoms with E-state index < -0.39 is 0 Å². The van der Waals surface area contributed by atoms with E-state index in [4.69, 9.17) is 9.26 Å². The normalized spacial score (nSPS) is 39.5. The number of carbonyl (C=O) groups excluding carboxylic acids is 1. The largest absolute Gasteiger partial charge is 0.466 e. The van der Waals surface area contributed by atoms with Crippen molar-refractivity contribution in [3.8, 4) is 0 Å². The minimum Gasteiger partial charge on any atom is -0.466 e. The second kappa shape index (κ2) is 7.99. The van der Waals surface area contributed by atoms with Crippen LogP contribution in [0.4, 0.5) is 0 Å². The number of carbonyl (C=O) groups is 1. The summed E-state index contributed by atoms with van der Waals surface area (Å²) in [5, 5.41) is 4.19. The maximum atomic E-state index is 12.0. The number of hydrogen-bond acceptors (Lipinski definition) is 4. The summed E-state index contributed by atoms with van der Waals surface area (Å²) in [6.45, 7) is 14.6. The van der Waals surface area contributed by atoms with Crippen molar-refractivity contribution < 1.29 is 14.1 Å². The fraction of sp³-hybridized carbons (Fsp3) is 0.793. The summed E-state index contributed by atoms with van der Waals surface area (Å²) in [6.07, 6.45) is 13.7. The van der Waals surface area contributed by atoms with Gasteiger partial charge in [-0.05, 0) is 106 Å². The lowest BCUT2D eigenvalue weighted by atomic mass is 9.44. The molecule has 0 saturated heterocycles. The predicted octanol–water partition coefficient (Wildman–Crippen LogP) is 6.88. The van der Waals surface area contributed by atoms with Crippen molar-refractivity contribution in [3.63, 3.8) is 0 Å². The van der Waals surface area contributed by atoms with Crippen LogP contribution in [0.2, 0.25) is 0 Å². The van der Waals surface area contributed by atoms with Crippen LogP contribution in [0.25, 0.3) is 0 Å². The molecule has 0 aromatic carbocycles. The molecule has 0 spiro atoms. The standard InChI is InChI=1S/C29H43NO3/c1-7-32-25(31)13-8-18(2)21-10-11-22-20-9-12-24-27(3,4)26-19(17-30-33-26)16-29(24,6)23(20)14-15-28(21,22)5/h12,17-18,20-23H,7-11,13-16H2,1-6H3/t18-,20+,21-,22+,23+,28-,29-/m1/s1. The molecule has 0 amide bonds. The van der Waals surface area contributed by atoms with Crippen LogP contribution in [0.5, 0.6) is 0 Å². The van der Waals surface area contributed by atoms with E-state index in [1.807, 2.05) is 13.1 Å². The Balaban J connectivity index is 1.38. The summed E-state index contributed by atoms with van der Waals surface area (Å²) in [7, 11) is 0. The van der Waals surface area contributed by atoms with Crippen LogP contribution in [0, 0.1) is 40.4 Å². The third-order valence-corrected chi connectivity index (χ3v) is 10.8. The van der Waals surface area contributed by atoms with Crippen LogP contribution in [0.3, 0.4) is 0 Å². The van der Waals surface area contributed by atoms with Crippen molar-refractivity contribution in [1.82, 2.24) is 5.16 Å². The molecule has 1 aromatic heterocycles. The summed E-state index contributed by atoms with van der Waals surface area (Å²) < 4.78 is 11.0. The molecule has 0 unspecified atom stereocenters. The molecule has 2 fully saturated rings. The van der Waals surface area contributed by atoms with E-state index in [2.05, 4.69) is 45.9 Å². The fourth-order valence-corrected chi connectivity index (χ4v) is 9.46. The summed E-state index contributed by atoms with van der Waals surface area (Å²) in [5.74, 6) is 4.68. The molecule has 4 aliphatic carbocycles. The average Bonchev–Trinajstić information content (AvgIpc) is 3.36. The number of hydrogen-bond donors (Lipinski definition) is 0. The van der Waals surface area contributed by atoms with Gasteiger partial charge < -0.3 is 9.26 Å². The average molecular weight is 454 g/mol. The van der Waals surface area contributed by atoms with Crippen molar-refractivity contribution in [2.24, 2.45) is 40.4 Å². The summed E-state index contributed by atoms with van der Waals surface area (Å²) in [5.41, 5.74) is 3.47. The van der Waals surface area contributed by atoms with Crippen LogP contribution in [-0.2, 0) is 21.4 Å². The molecule has 33 heavy (non-hydrogen) atoms. The highest BCUT2D eigenvalue weighted by Gasteiger charge is 2.61. The zero-order valence-electron chi connectivity index (χ0n) is 21.6. The quantitative estimate of drug-likeness (QED) is 0.360. The zero-order chi connectivity index (χ0) is 23.6. The Kier molecular flexibility index (Phi) is 5.61. The van der Waals surface area contributed by atoms with Crippen molar-refractivity contribution in [2.75, 3.05) is 6.61 Å². The SMILES string of the molecule is CCOC(=O)CC[C@@H](C)[C@H]1CC[C@H]2[C@@H]3CC=C4C(C)(C)c5oncc5C[C@]4(C)[C@H]3CC[C@]12C. The van der Waals surface area contributed by atoms with Gasteiger partial charge in [0, 0.05) is 17.4 Å². The molecule has 1 heterocycles. The highest BCUT2D eigenvalue weighted by molar-refractivity contribution is 5.69. The molecule has 0 aliphatic heterocycles. The fourth-order valence-electron chi connectivity index (χ4n) is 9.46. The molecule has 5 rings (SSSR count). The van der Waals surface area contributed by atoms with Gasteiger partial charge in [-0.1, -0.05) is 37.6 Å². The Bertz CT molecular complexity index is 944. The Hall–Kier alpha value is -1.58. The van der Waals surface area contributed by atoms with E-state index in [0.717, 1.165) is 42.3 Å². The number of esters is 1. The molecule has 0 radical (unpaired) electrons. The van der Waals surface area contributed by atoms with Gasteiger partial charge in [0.15, 0.2) is 0 Å². The van der Waals surface area contributed by atoms with Crippen LogP contribution in [0.1, 0.15) is 97.8 Å². The Morgan fingerprint density at radius 1 is 1.21 bits per heavy atom. The van der Waals surface area contributed by atoms with Gasteiger partial charge in [0.25, 0.3) is 0 Å². The van der Waals surface area contributed by atoms with Gasteiger partial charge in [0.1, 0.15) is 5.76 Å². The van der Waals surface area contributed by atoms with Gasteiger partial charge in [-0.15, -0.1) is 0 Å². The molecule has 182 valence electrons. The molecule has 2 saturated carbocycles. The van der Waals surface area contributed by atoms with E-state index in [0.29, 0.717) is 24.4 Å². The number of ether oxygens (including phenoxy) is 1. The van der Waals surface area contributed by atoms with Gasteiger partial charge in [-0.25, -0.2) is 0 Å². The third-order valence-electron chi connectivity index (χ3n) is 10.8. The number of allylic oxidation sites excluding steroid dienone is 2. The molecule has 0 bridgehead atoms. The lowest BCUT2D eigenvalue weighted by molar-refractivity contribution is -0.143. The smallest absolute Gasteiger partial charge is 0.305 e. The van der Waals surface area contributed by atoms with Gasteiger partial charge in [0.05, 0.1) is 12.8 Å². The molecular formula is C29H43NO3. The van der Waals surface area contributed by atoms with E-state index in [-0.39, 0.29) is 16.8 Å². The first-order valence-electron chi connectivity index (χ1n) is 13.4. The second-order valence-electron chi connectivity index (χ2n) is 12.7. The summed E-state index contributed by atoms with van der Waals surface area (Å²) >= 11 is 0. The maximum Gasteiger partial charge on any atom is 0.305 e. The van der Waals surface area contributed by atoms with Crippen molar-refractivity contribution in [3.05, 3.63) is 29.2 Å². The Morgan fingerprint density at radius 2 is 2.00 bits per heavy atom. The highest BCUT2D eigenvalue weighted by atomic mass is 16.5. The van der Waals surface area contributed by atoms with Crippen molar-refractivity contribution in [1.29, 1.82) is 0 Å². The van der Waals surface area contributed by atoms with Gasteiger partial charge in [0.2, 0.25) is 0 Å². The van der Waals surface area contributed by atoms with E-state index in [9.17, 15) is 4.79 Å². The molecule has 7 atom stereocenters. The van der Waals surface area contributed by atoms with E-state index in [1.54, 1.807) is 5.57 Å². The lowest BCUT2D eigenvalue weighted by Gasteiger charge is -2.59. The Labute approximate surface area is 199 Å². The minimum atomic E-state index is -0.0651. The molecular weight excluding hydrogens is 410 g/mol. The monoisotopic (exact) mass is 453 g/mol. The van der Waals surface area contributed by atoms with Crippen molar-refractivity contribution >= 4 is 5.97 Å². The molecule has 4 heteroatoms.